The molecule has 2 heterocycles. The number of nitrogens with zero attached hydrogens (tertiary/aromatic N) is 3. The van der Waals surface area contributed by atoms with Crippen molar-refractivity contribution in [1.29, 1.82) is 0 Å². The third kappa shape index (κ3) is 4.56. The van der Waals surface area contributed by atoms with Gasteiger partial charge in [-0.15, -0.1) is 0 Å². The van der Waals surface area contributed by atoms with Crippen LogP contribution in [0.4, 0.5) is 5.82 Å². The second-order valence-electron chi connectivity index (χ2n) is 6.43. The summed E-state index contributed by atoms with van der Waals surface area (Å²) in [5, 5.41) is 4.16. The lowest BCUT2D eigenvalue weighted by Crippen LogP contribution is -2.50. The highest BCUT2D eigenvalue weighted by Gasteiger charge is 2.23. The first-order chi connectivity index (χ1) is 9.97. The van der Waals surface area contributed by atoms with Crippen LogP contribution in [0.25, 0.3) is 0 Å². The first-order valence-electron chi connectivity index (χ1n) is 7.78. The van der Waals surface area contributed by atoms with Crippen molar-refractivity contribution in [2.24, 2.45) is 5.92 Å². The number of likely N-dealkylation sites (N-methyl/N-ethyl adjacent to an activating group) is 1. The van der Waals surface area contributed by atoms with E-state index in [4.69, 9.17) is 16.6 Å². The minimum absolute atomic E-state index is 0.480. The van der Waals surface area contributed by atoms with Gasteiger partial charge in [0.05, 0.1) is 10.7 Å². The van der Waals surface area contributed by atoms with E-state index in [9.17, 15) is 0 Å². The summed E-state index contributed by atoms with van der Waals surface area (Å²) in [7, 11) is 2.17. The van der Waals surface area contributed by atoms with Crippen LogP contribution in [0.15, 0.2) is 12.1 Å². The lowest BCUT2D eigenvalue weighted by Gasteiger charge is -2.39. The monoisotopic (exact) mass is 310 g/mol. The van der Waals surface area contributed by atoms with Crippen molar-refractivity contribution in [3.8, 4) is 0 Å². The molecule has 0 bridgehead atoms. The number of aromatic nitrogens is 1. The molecule has 2 rings (SSSR count). The van der Waals surface area contributed by atoms with E-state index in [-0.39, 0.29) is 0 Å². The fourth-order valence-electron chi connectivity index (χ4n) is 2.72. The zero-order chi connectivity index (χ0) is 15.4. The molecule has 1 atom stereocenters. The Morgan fingerprint density at radius 2 is 2.14 bits per heavy atom. The second kappa shape index (κ2) is 7.43. The van der Waals surface area contributed by atoms with Crippen LogP contribution in [0.5, 0.6) is 0 Å². The summed E-state index contributed by atoms with van der Waals surface area (Å²) in [6, 6.07) is 4.49. The fraction of sp³-hybridized carbons (Fsp3) is 0.688. The summed E-state index contributed by atoms with van der Waals surface area (Å²) in [6.07, 6.45) is 0. The van der Waals surface area contributed by atoms with E-state index >= 15 is 0 Å². The van der Waals surface area contributed by atoms with Gasteiger partial charge in [-0.2, -0.15) is 0 Å². The Balaban J connectivity index is 2.07. The van der Waals surface area contributed by atoms with Crippen molar-refractivity contribution in [2.45, 2.75) is 33.4 Å². The van der Waals surface area contributed by atoms with Crippen molar-refractivity contribution < 1.29 is 0 Å². The third-order valence-corrected chi connectivity index (χ3v) is 4.22. The first-order valence-corrected chi connectivity index (χ1v) is 8.16. The number of halogens is 1. The van der Waals surface area contributed by atoms with Crippen LogP contribution in [0, 0.1) is 5.92 Å². The molecule has 0 spiro atoms. The predicted octanol–water partition coefficient (Wildman–Crippen LogP) is 2.62. The van der Waals surface area contributed by atoms with Crippen LogP contribution in [-0.2, 0) is 6.54 Å². The molecule has 21 heavy (non-hydrogen) atoms. The Kier molecular flexibility index (Phi) is 5.85. The van der Waals surface area contributed by atoms with Crippen molar-refractivity contribution >= 4 is 17.4 Å². The highest BCUT2D eigenvalue weighted by atomic mass is 35.5. The molecule has 0 saturated carbocycles. The average Bonchev–Trinajstić information content (AvgIpc) is 2.41. The molecule has 0 radical (unpaired) electrons. The van der Waals surface area contributed by atoms with Gasteiger partial charge in [0.2, 0.25) is 0 Å². The number of hydrogen-bond donors (Lipinski definition) is 1. The molecule has 1 aliphatic rings. The van der Waals surface area contributed by atoms with Gasteiger partial charge in [0.25, 0.3) is 0 Å². The fourth-order valence-corrected chi connectivity index (χ4v) is 2.89. The summed E-state index contributed by atoms with van der Waals surface area (Å²) < 4.78 is 0. The molecule has 1 unspecified atom stereocenters. The molecule has 0 aromatic carbocycles. The predicted molar refractivity (Wildman–Crippen MR) is 90.1 cm³/mol. The van der Waals surface area contributed by atoms with Gasteiger partial charge < -0.3 is 15.1 Å². The molecule has 1 aromatic heterocycles. The van der Waals surface area contributed by atoms with Crippen LogP contribution < -0.4 is 10.2 Å². The normalized spacial score (nSPS) is 20.3. The van der Waals surface area contributed by atoms with E-state index in [1.807, 2.05) is 12.1 Å². The molecule has 1 N–H and O–H groups in total. The lowest BCUT2D eigenvalue weighted by molar-refractivity contribution is 0.274. The van der Waals surface area contributed by atoms with Crippen molar-refractivity contribution in [1.82, 2.24) is 15.2 Å². The van der Waals surface area contributed by atoms with Crippen LogP contribution in [0.3, 0.4) is 0 Å². The van der Waals surface area contributed by atoms with Gasteiger partial charge >= 0.3 is 0 Å². The van der Waals surface area contributed by atoms with E-state index in [1.54, 1.807) is 0 Å². The van der Waals surface area contributed by atoms with Crippen LogP contribution in [0.2, 0.25) is 5.02 Å². The molecule has 0 amide bonds. The quantitative estimate of drug-likeness (QED) is 0.906. The summed E-state index contributed by atoms with van der Waals surface area (Å²) >= 11 is 6.28. The maximum absolute atomic E-state index is 6.28. The Hall–Kier alpha value is -0.840. The van der Waals surface area contributed by atoms with E-state index in [1.165, 1.54) is 0 Å². The summed E-state index contributed by atoms with van der Waals surface area (Å²) in [5.41, 5.74) is 0.945. The molecule has 1 saturated heterocycles. The summed E-state index contributed by atoms with van der Waals surface area (Å²) in [4.78, 5) is 9.52. The number of hydrogen-bond acceptors (Lipinski definition) is 4. The van der Waals surface area contributed by atoms with E-state index < -0.39 is 0 Å². The van der Waals surface area contributed by atoms with Gasteiger partial charge in [-0.25, -0.2) is 4.98 Å². The van der Waals surface area contributed by atoms with E-state index in [2.05, 4.69) is 42.9 Å². The SMILES string of the molecule is CC(C)CNCc1nc(N2CCN(C)CC2C)ccc1Cl. The van der Waals surface area contributed by atoms with Gasteiger partial charge in [0, 0.05) is 32.2 Å². The Morgan fingerprint density at radius 1 is 1.38 bits per heavy atom. The molecule has 4 nitrogen and oxygen atoms in total. The van der Waals surface area contributed by atoms with E-state index in [0.29, 0.717) is 12.0 Å². The van der Waals surface area contributed by atoms with Gasteiger partial charge in [0.1, 0.15) is 5.82 Å². The standard InChI is InChI=1S/C16H27ClN4/c1-12(2)9-18-10-15-14(17)5-6-16(19-15)21-8-7-20(4)11-13(21)3/h5-6,12-13,18H,7-11H2,1-4H3. The van der Waals surface area contributed by atoms with Gasteiger partial charge in [-0.3, -0.25) is 0 Å². The Labute approximate surface area is 133 Å². The van der Waals surface area contributed by atoms with Crippen molar-refractivity contribution in [3.05, 3.63) is 22.8 Å². The topological polar surface area (TPSA) is 31.4 Å². The third-order valence-electron chi connectivity index (χ3n) is 3.87. The molecule has 1 aliphatic heterocycles. The number of piperazine rings is 1. The van der Waals surface area contributed by atoms with E-state index in [0.717, 1.165) is 49.3 Å². The Bertz CT molecular complexity index is 464. The molecule has 0 aliphatic carbocycles. The summed E-state index contributed by atoms with van der Waals surface area (Å²) in [6.45, 7) is 11.5. The van der Waals surface area contributed by atoms with Gasteiger partial charge in [-0.05, 0) is 38.6 Å². The van der Waals surface area contributed by atoms with Gasteiger partial charge in [0.15, 0.2) is 0 Å². The minimum Gasteiger partial charge on any atom is -0.351 e. The highest BCUT2D eigenvalue weighted by molar-refractivity contribution is 6.31. The lowest BCUT2D eigenvalue weighted by atomic mass is 10.2. The molecular weight excluding hydrogens is 284 g/mol. The number of pyridine rings is 1. The molecular formula is C16H27ClN4. The van der Waals surface area contributed by atoms with Gasteiger partial charge in [-0.1, -0.05) is 25.4 Å². The summed E-state index contributed by atoms with van der Waals surface area (Å²) in [5.74, 6) is 1.67. The second-order valence-corrected chi connectivity index (χ2v) is 6.83. The molecule has 1 fully saturated rings. The van der Waals surface area contributed by atoms with Crippen molar-refractivity contribution in [2.75, 3.05) is 38.1 Å². The van der Waals surface area contributed by atoms with Crippen LogP contribution in [0.1, 0.15) is 26.5 Å². The van der Waals surface area contributed by atoms with Crippen LogP contribution >= 0.6 is 11.6 Å². The minimum atomic E-state index is 0.480. The molecule has 1 aromatic rings. The zero-order valence-corrected chi connectivity index (χ0v) is 14.3. The highest BCUT2D eigenvalue weighted by Crippen LogP contribution is 2.22. The number of rotatable bonds is 5. The largest absolute Gasteiger partial charge is 0.351 e. The number of nitrogens with one attached hydrogen (secondary N) is 1. The zero-order valence-electron chi connectivity index (χ0n) is 13.6. The maximum Gasteiger partial charge on any atom is 0.129 e. The Morgan fingerprint density at radius 3 is 2.81 bits per heavy atom. The maximum atomic E-state index is 6.28. The van der Waals surface area contributed by atoms with Crippen LogP contribution in [-0.4, -0.2) is 49.2 Å². The smallest absolute Gasteiger partial charge is 0.129 e. The van der Waals surface area contributed by atoms with Crippen molar-refractivity contribution in [3.63, 3.8) is 0 Å². The molecule has 5 heteroatoms. The first kappa shape index (κ1) is 16.5. The number of anilines is 1. The average molecular weight is 311 g/mol. The molecule has 118 valence electrons.